The number of ketones is 1. The molecule has 8 rings (SSSR count). The SMILES string of the molecule is C=c1c2ccccc2c2c(C(=O)c3cccc(S([O-])(O)O)c3)c(=O)n(C)c3ccc(Nc4cc(Nc5nc(N)nc(NC6CCC(C)CC6C)n5)c(S([O-])(O)O)cc4SOO[O-])c1c23.[Na+].[Na+].[Na+]. The zero-order chi connectivity index (χ0) is 45.8. The summed E-state index contributed by atoms with van der Waals surface area (Å²) in [6.45, 7) is 8.75. The molecule has 0 radical (unpaired) electrons. The van der Waals surface area contributed by atoms with Gasteiger partial charge in [0.25, 0.3) is 5.56 Å². The van der Waals surface area contributed by atoms with Gasteiger partial charge in [0, 0.05) is 50.3 Å². The monoisotopic (exact) mass is 998 g/mol. The van der Waals surface area contributed by atoms with E-state index in [1.54, 1.807) is 36.4 Å². The van der Waals surface area contributed by atoms with Crippen molar-refractivity contribution in [1.82, 2.24) is 19.5 Å². The topological polar surface area (TPSA) is 308 Å². The van der Waals surface area contributed by atoms with E-state index in [1.807, 2.05) is 0 Å². The van der Waals surface area contributed by atoms with Crippen LogP contribution in [0.3, 0.4) is 0 Å². The molecular formula is C42H41N8Na3O11S3. The number of anilines is 6. The normalized spacial score (nSPS) is 16.7. The van der Waals surface area contributed by atoms with Crippen LogP contribution in [0.15, 0.2) is 92.3 Å². The summed E-state index contributed by atoms with van der Waals surface area (Å²) < 4.78 is 72.0. The van der Waals surface area contributed by atoms with Crippen LogP contribution in [0.4, 0.5) is 34.9 Å². The van der Waals surface area contributed by atoms with Gasteiger partial charge in [-0.25, -0.2) is 0 Å². The number of aromatic nitrogens is 4. The number of benzene rings is 5. The van der Waals surface area contributed by atoms with Crippen molar-refractivity contribution in [2.75, 3.05) is 21.7 Å². The van der Waals surface area contributed by atoms with Gasteiger partial charge in [-0.2, -0.15) is 19.3 Å². The fraction of sp³-hybridized carbons (Fsp3) is 0.214. The van der Waals surface area contributed by atoms with Crippen LogP contribution in [0, 0.1) is 11.8 Å². The van der Waals surface area contributed by atoms with E-state index < -0.39 is 42.9 Å². The van der Waals surface area contributed by atoms with Crippen molar-refractivity contribution in [2.45, 2.75) is 53.8 Å². The molecule has 67 heavy (non-hydrogen) atoms. The average molecular weight is 999 g/mol. The van der Waals surface area contributed by atoms with Crippen LogP contribution < -0.4 is 126 Å². The Morgan fingerprint density at radius 1 is 0.851 bits per heavy atom. The Morgan fingerprint density at radius 2 is 1.55 bits per heavy atom. The minimum Gasteiger partial charge on any atom is -0.769 e. The maximum atomic E-state index is 14.5. The predicted molar refractivity (Wildman–Crippen MR) is 243 cm³/mol. The predicted octanol–water partition coefficient (Wildman–Crippen LogP) is -1.58. The number of fused-ring (bicyclic) bond motifs is 2. The molecule has 9 N–H and O–H groups in total. The summed E-state index contributed by atoms with van der Waals surface area (Å²) in [5.74, 6) is -0.0454. The number of pyridine rings is 1. The number of hydrogen-bond acceptors (Lipinski definition) is 19. The molecule has 3 unspecified atom stereocenters. The molecule has 0 spiro atoms. The number of carbonyl (C=O) groups is 1. The Labute approximate surface area is 457 Å². The summed E-state index contributed by atoms with van der Waals surface area (Å²) in [5.41, 5.74) is 5.71. The van der Waals surface area contributed by atoms with E-state index in [-0.39, 0.29) is 145 Å². The van der Waals surface area contributed by atoms with E-state index in [0.717, 1.165) is 31.4 Å². The first-order chi connectivity index (χ1) is 30.3. The minimum absolute atomic E-state index is 0. The van der Waals surface area contributed by atoms with Crippen molar-refractivity contribution in [1.29, 1.82) is 0 Å². The van der Waals surface area contributed by atoms with Crippen molar-refractivity contribution in [2.24, 2.45) is 18.9 Å². The molecule has 1 aliphatic rings. The van der Waals surface area contributed by atoms with Crippen molar-refractivity contribution < 1.29 is 135 Å². The van der Waals surface area contributed by atoms with Gasteiger partial charge in [-0.1, -0.05) is 78.6 Å². The molecule has 2 heterocycles. The van der Waals surface area contributed by atoms with Gasteiger partial charge in [-0.3, -0.25) is 14.6 Å². The summed E-state index contributed by atoms with van der Waals surface area (Å²) in [7, 11) is -7.72. The second-order valence-electron chi connectivity index (χ2n) is 15.7. The number of aryl methyl sites for hydroxylation is 1. The van der Waals surface area contributed by atoms with Crippen LogP contribution >= 0.6 is 33.8 Å². The maximum Gasteiger partial charge on any atom is 1.00 e. The smallest absolute Gasteiger partial charge is 0.769 e. The fourth-order valence-electron chi connectivity index (χ4n) is 8.50. The van der Waals surface area contributed by atoms with E-state index in [2.05, 4.69) is 60.7 Å². The van der Waals surface area contributed by atoms with Crippen molar-refractivity contribution in [3.05, 3.63) is 99.5 Å². The Bertz CT molecular complexity index is 3110. The number of hydrogen-bond donors (Lipinski definition) is 8. The molecule has 0 saturated heterocycles. The summed E-state index contributed by atoms with van der Waals surface area (Å²) in [4.78, 5) is 40.6. The molecule has 0 aliphatic heterocycles. The number of rotatable bonds is 13. The fourth-order valence-corrected chi connectivity index (χ4v) is 10.2. The summed E-state index contributed by atoms with van der Waals surface area (Å²) in [5, 5.41) is 26.8. The van der Waals surface area contributed by atoms with Gasteiger partial charge in [0.15, 0.2) is 5.78 Å². The summed E-state index contributed by atoms with van der Waals surface area (Å²) in [6, 6.07) is 17.6. The van der Waals surface area contributed by atoms with Crippen LogP contribution in [0.1, 0.15) is 49.0 Å². The zero-order valence-corrected chi connectivity index (χ0v) is 45.7. The Hall–Kier alpha value is -2.60. The van der Waals surface area contributed by atoms with E-state index in [4.69, 9.17) is 5.73 Å². The molecule has 1 fully saturated rings. The minimum atomic E-state index is -4.75. The molecule has 0 bridgehead atoms. The molecule has 5 aromatic carbocycles. The Kier molecular flexibility index (Phi) is 18.4. The van der Waals surface area contributed by atoms with Crippen LogP contribution in [0.25, 0.3) is 39.0 Å². The van der Waals surface area contributed by atoms with Gasteiger partial charge < -0.3 is 58.8 Å². The number of nitrogens with one attached hydrogen (secondary N) is 3. The third kappa shape index (κ3) is 11.5. The van der Waals surface area contributed by atoms with Gasteiger partial charge in [-0.05, 0) is 83.5 Å². The van der Waals surface area contributed by atoms with Gasteiger partial charge in [0.2, 0.25) is 17.8 Å². The van der Waals surface area contributed by atoms with Crippen LogP contribution in [-0.4, -0.2) is 58.7 Å². The maximum absolute atomic E-state index is 14.5. The molecule has 1 saturated carbocycles. The van der Waals surface area contributed by atoms with E-state index in [9.17, 15) is 42.2 Å². The zero-order valence-electron chi connectivity index (χ0n) is 37.2. The van der Waals surface area contributed by atoms with Crippen LogP contribution in [-0.2, 0) is 16.4 Å². The molecule has 1 aliphatic carbocycles. The largest absolute Gasteiger partial charge is 1.00 e. The van der Waals surface area contributed by atoms with Crippen LogP contribution in [0.2, 0.25) is 0 Å². The van der Waals surface area contributed by atoms with Crippen molar-refractivity contribution >= 4 is 114 Å². The van der Waals surface area contributed by atoms with E-state index >= 15 is 0 Å². The van der Waals surface area contributed by atoms with Gasteiger partial charge in [-0.15, -0.1) is 0 Å². The quantitative estimate of drug-likeness (QED) is 0.0123. The first-order valence-electron chi connectivity index (χ1n) is 19.6. The first-order valence-corrected chi connectivity index (χ1v) is 23.3. The van der Waals surface area contributed by atoms with E-state index in [1.165, 1.54) is 35.9 Å². The number of nitrogens with zero attached hydrogens (tertiary/aromatic N) is 4. The average Bonchev–Trinajstić information content (AvgIpc) is 3.24. The molecule has 19 nitrogen and oxygen atoms in total. The second-order valence-corrected chi connectivity index (χ2v) is 19.3. The Balaban J connectivity index is 0.00000280. The first kappa shape index (κ1) is 55.3. The molecule has 3 atom stereocenters. The summed E-state index contributed by atoms with van der Waals surface area (Å²) >= 11 is 0.358. The number of carbonyl (C=O) groups excluding carboxylic acids is 1. The Morgan fingerprint density at radius 3 is 2.22 bits per heavy atom. The molecular weight excluding hydrogens is 958 g/mol. The second kappa shape index (κ2) is 22.2. The number of nitrogens with two attached hydrogens (primary N) is 1. The molecule has 25 heteroatoms. The third-order valence-electron chi connectivity index (χ3n) is 11.5. The van der Waals surface area contributed by atoms with E-state index in [0.29, 0.717) is 61.8 Å². The van der Waals surface area contributed by atoms with Gasteiger partial charge in [0.1, 0.15) is 0 Å². The molecule has 7 aromatic rings. The van der Waals surface area contributed by atoms with Gasteiger partial charge in [0.05, 0.1) is 39.4 Å². The number of nitrogen functional groups attached to an aromatic ring is 1. The molecule has 0 amide bonds. The molecule has 336 valence electrons. The van der Waals surface area contributed by atoms with Crippen molar-refractivity contribution in [3.63, 3.8) is 0 Å². The van der Waals surface area contributed by atoms with Crippen LogP contribution in [0.5, 0.6) is 0 Å². The van der Waals surface area contributed by atoms with Crippen molar-refractivity contribution in [3.8, 4) is 0 Å². The molecule has 2 aromatic heterocycles. The van der Waals surface area contributed by atoms with Gasteiger partial charge >= 0.3 is 88.7 Å². The standard InChI is InChI=1S/C42H44N8O11S3.3Na/c1-20-12-13-27(21(2)16-20)45-41-47-40(43)48-42(49-41)46-30-18-29(32(62-61-60-53)19-33(30)64(57,58)59)44-28-14-15-31-36-34(28)22(3)25-10-5-6-11-26(25)35(36)37(39(52)50(31)4)38(51)23-8-7-9-24(17-23)63(54,55)56;;;/h5-11,14-15,17-21,27,44,53-59H,3,12-13,16H2,1-2,4H3,(H4,43,45,46,47,48,49);;;/q;3*+1/p-3. The third-order valence-corrected chi connectivity index (χ3v) is 13.9. The summed E-state index contributed by atoms with van der Waals surface area (Å²) in [6.07, 6.45) is 2.88.